The van der Waals surface area contributed by atoms with Crippen LogP contribution in [-0.2, 0) is 19.1 Å². The van der Waals surface area contributed by atoms with E-state index in [1.807, 2.05) is 0 Å². The van der Waals surface area contributed by atoms with Gasteiger partial charge in [-0.05, 0) is 20.8 Å². The zero-order valence-electron chi connectivity index (χ0n) is 9.36. The van der Waals surface area contributed by atoms with Gasteiger partial charge < -0.3 is 14.4 Å². The smallest absolute Gasteiger partial charge is 0.331 e. The summed E-state index contributed by atoms with van der Waals surface area (Å²) in [4.78, 5) is 23.8. The molecule has 5 heteroatoms. The Morgan fingerprint density at radius 3 is 2.73 bits per heavy atom. The van der Waals surface area contributed by atoms with Crippen molar-refractivity contribution in [2.45, 2.75) is 32.4 Å². The van der Waals surface area contributed by atoms with Gasteiger partial charge in [-0.3, -0.25) is 4.79 Å². The van der Waals surface area contributed by atoms with E-state index in [4.69, 9.17) is 9.47 Å². The van der Waals surface area contributed by atoms with Gasteiger partial charge in [-0.25, -0.2) is 4.79 Å². The van der Waals surface area contributed by atoms with Crippen molar-refractivity contribution in [3.8, 4) is 0 Å². The van der Waals surface area contributed by atoms with E-state index in [1.54, 1.807) is 20.8 Å². The lowest BCUT2D eigenvalue weighted by Crippen LogP contribution is -2.51. The van der Waals surface area contributed by atoms with E-state index in [-0.39, 0.29) is 6.61 Å². The molecule has 0 spiro atoms. The summed E-state index contributed by atoms with van der Waals surface area (Å²) in [6.45, 7) is 6.50. The highest BCUT2D eigenvalue weighted by Gasteiger charge is 2.32. The van der Waals surface area contributed by atoms with Gasteiger partial charge in [0.25, 0.3) is 0 Å². The van der Waals surface area contributed by atoms with Gasteiger partial charge in [-0.2, -0.15) is 0 Å². The van der Waals surface area contributed by atoms with Crippen LogP contribution in [0.5, 0.6) is 0 Å². The fourth-order valence-electron chi connectivity index (χ4n) is 1.32. The summed E-state index contributed by atoms with van der Waals surface area (Å²) in [6.07, 6.45) is 0.664. The van der Waals surface area contributed by atoms with E-state index in [1.165, 1.54) is 4.90 Å². The molecule has 15 heavy (non-hydrogen) atoms. The lowest BCUT2D eigenvalue weighted by atomic mass is 10.2. The maximum atomic E-state index is 11.7. The Kier molecular flexibility index (Phi) is 3.68. The first kappa shape index (κ1) is 12.0. The van der Waals surface area contributed by atoms with E-state index in [9.17, 15) is 9.59 Å². The summed E-state index contributed by atoms with van der Waals surface area (Å²) in [6, 6.07) is -0.601. The number of nitrogens with zero attached hydrogens (tertiary/aromatic N) is 1. The van der Waals surface area contributed by atoms with Crippen molar-refractivity contribution in [2.24, 2.45) is 0 Å². The SMILES string of the molecule is CC(C)(C)OC(=O)C1COCCN1C=O. The van der Waals surface area contributed by atoms with Crippen LogP contribution in [0.4, 0.5) is 0 Å². The van der Waals surface area contributed by atoms with Crippen molar-refractivity contribution in [3.63, 3.8) is 0 Å². The van der Waals surface area contributed by atoms with Crippen LogP contribution in [0, 0.1) is 0 Å². The van der Waals surface area contributed by atoms with Gasteiger partial charge in [-0.15, -0.1) is 0 Å². The molecule has 86 valence electrons. The van der Waals surface area contributed by atoms with E-state index >= 15 is 0 Å². The van der Waals surface area contributed by atoms with Crippen molar-refractivity contribution in [2.75, 3.05) is 19.8 Å². The Balaban J connectivity index is 2.60. The first-order valence-electron chi connectivity index (χ1n) is 4.95. The highest BCUT2D eigenvalue weighted by atomic mass is 16.6. The molecule has 1 amide bonds. The van der Waals surface area contributed by atoms with E-state index in [0.717, 1.165) is 0 Å². The van der Waals surface area contributed by atoms with Gasteiger partial charge >= 0.3 is 5.97 Å². The lowest BCUT2D eigenvalue weighted by molar-refractivity contribution is -0.169. The molecule has 0 aromatic heterocycles. The summed E-state index contributed by atoms with van der Waals surface area (Å²) in [5, 5.41) is 0. The van der Waals surface area contributed by atoms with Gasteiger partial charge in [0.05, 0.1) is 13.2 Å². The van der Waals surface area contributed by atoms with Crippen LogP contribution in [0.15, 0.2) is 0 Å². The molecule has 0 saturated carbocycles. The summed E-state index contributed by atoms with van der Waals surface area (Å²) in [5.74, 6) is -0.408. The predicted octanol–water partition coefficient (Wildman–Crippen LogP) is 0.185. The Morgan fingerprint density at radius 1 is 1.53 bits per heavy atom. The number of ether oxygens (including phenoxy) is 2. The minimum absolute atomic E-state index is 0.216. The zero-order valence-corrected chi connectivity index (χ0v) is 9.36. The highest BCUT2D eigenvalue weighted by Crippen LogP contribution is 2.13. The predicted molar refractivity (Wildman–Crippen MR) is 53.2 cm³/mol. The number of carbonyl (C=O) groups excluding carboxylic acids is 2. The number of hydrogen-bond acceptors (Lipinski definition) is 4. The summed E-state index contributed by atoms with van der Waals surface area (Å²) in [7, 11) is 0. The van der Waals surface area contributed by atoms with Crippen molar-refractivity contribution < 1.29 is 19.1 Å². The topological polar surface area (TPSA) is 55.8 Å². The number of amides is 1. The second-order valence-electron chi connectivity index (χ2n) is 4.47. The minimum atomic E-state index is -0.601. The number of carbonyl (C=O) groups is 2. The second kappa shape index (κ2) is 4.61. The largest absolute Gasteiger partial charge is 0.458 e. The highest BCUT2D eigenvalue weighted by molar-refractivity contribution is 5.79. The van der Waals surface area contributed by atoms with Crippen LogP contribution in [-0.4, -0.2) is 48.7 Å². The molecule has 1 saturated heterocycles. The molecule has 1 rings (SSSR count). The fraction of sp³-hybridized carbons (Fsp3) is 0.800. The monoisotopic (exact) mass is 215 g/mol. The Hall–Kier alpha value is -1.10. The van der Waals surface area contributed by atoms with E-state index < -0.39 is 17.6 Å². The number of rotatable bonds is 2. The van der Waals surface area contributed by atoms with Crippen molar-refractivity contribution >= 4 is 12.4 Å². The Bertz CT molecular complexity index is 246. The van der Waals surface area contributed by atoms with Gasteiger partial charge in [0, 0.05) is 6.54 Å². The van der Waals surface area contributed by atoms with Crippen LogP contribution in [0.2, 0.25) is 0 Å². The van der Waals surface area contributed by atoms with Gasteiger partial charge in [0.15, 0.2) is 6.04 Å². The molecular weight excluding hydrogens is 198 g/mol. The zero-order chi connectivity index (χ0) is 11.5. The molecule has 0 bridgehead atoms. The fourth-order valence-corrected chi connectivity index (χ4v) is 1.32. The van der Waals surface area contributed by atoms with Crippen LogP contribution in [0.3, 0.4) is 0 Å². The molecule has 1 aliphatic rings. The third-order valence-electron chi connectivity index (χ3n) is 1.98. The maximum absolute atomic E-state index is 11.7. The quantitative estimate of drug-likeness (QED) is 0.487. The van der Waals surface area contributed by atoms with Crippen molar-refractivity contribution in [1.29, 1.82) is 0 Å². The first-order chi connectivity index (χ1) is 6.94. The van der Waals surface area contributed by atoms with Crippen LogP contribution < -0.4 is 0 Å². The number of morpholine rings is 1. The molecule has 1 aliphatic heterocycles. The van der Waals surface area contributed by atoms with E-state index in [2.05, 4.69) is 0 Å². The van der Waals surface area contributed by atoms with Crippen LogP contribution in [0.25, 0.3) is 0 Å². The molecule has 0 aliphatic carbocycles. The third-order valence-corrected chi connectivity index (χ3v) is 1.98. The minimum Gasteiger partial charge on any atom is -0.458 e. The average molecular weight is 215 g/mol. The summed E-state index contributed by atoms with van der Waals surface area (Å²) >= 11 is 0. The molecule has 1 atom stereocenters. The number of esters is 1. The Labute approximate surface area is 89.3 Å². The van der Waals surface area contributed by atoms with Crippen LogP contribution >= 0.6 is 0 Å². The molecule has 0 aromatic rings. The van der Waals surface area contributed by atoms with Crippen molar-refractivity contribution in [1.82, 2.24) is 4.90 Å². The van der Waals surface area contributed by atoms with Gasteiger partial charge in [0.1, 0.15) is 5.60 Å². The summed E-state index contributed by atoms with van der Waals surface area (Å²) < 4.78 is 10.3. The van der Waals surface area contributed by atoms with Crippen molar-refractivity contribution in [3.05, 3.63) is 0 Å². The van der Waals surface area contributed by atoms with Gasteiger partial charge in [-0.1, -0.05) is 0 Å². The number of hydrogen-bond donors (Lipinski definition) is 0. The molecule has 0 radical (unpaired) electrons. The summed E-state index contributed by atoms with van der Waals surface area (Å²) in [5.41, 5.74) is -0.539. The maximum Gasteiger partial charge on any atom is 0.331 e. The molecule has 5 nitrogen and oxygen atoms in total. The van der Waals surface area contributed by atoms with E-state index in [0.29, 0.717) is 19.6 Å². The molecule has 0 N–H and O–H groups in total. The van der Waals surface area contributed by atoms with Gasteiger partial charge in [0.2, 0.25) is 6.41 Å². The average Bonchev–Trinajstić information content (AvgIpc) is 2.15. The van der Waals surface area contributed by atoms with Crippen LogP contribution in [0.1, 0.15) is 20.8 Å². The first-order valence-corrected chi connectivity index (χ1v) is 4.95. The second-order valence-corrected chi connectivity index (χ2v) is 4.47. The molecule has 1 fully saturated rings. The lowest BCUT2D eigenvalue weighted by Gasteiger charge is -2.32. The molecular formula is C10H17NO4. The molecule has 1 heterocycles. The molecule has 1 unspecified atom stereocenters. The Morgan fingerprint density at radius 2 is 2.20 bits per heavy atom. The third kappa shape index (κ3) is 3.51. The normalized spacial score (nSPS) is 22.3. The molecule has 0 aromatic carbocycles. The standard InChI is InChI=1S/C10H17NO4/c1-10(2,3)15-9(13)8-6-14-5-4-11(8)7-12/h7-8H,4-6H2,1-3H3.